The molecule has 2 rings (SSSR count). The van der Waals surface area contributed by atoms with Gasteiger partial charge in [0.15, 0.2) is 0 Å². The second-order valence-electron chi connectivity index (χ2n) is 4.20. The first-order valence-electron chi connectivity index (χ1n) is 6.33. The molecule has 0 atom stereocenters. The molecular formula is C13H14BrN5O2. The fourth-order valence-corrected chi connectivity index (χ4v) is 2.16. The van der Waals surface area contributed by atoms with Crippen molar-refractivity contribution < 1.29 is 4.92 Å². The molecule has 110 valence electrons. The van der Waals surface area contributed by atoms with Crippen LogP contribution >= 0.6 is 15.9 Å². The van der Waals surface area contributed by atoms with Gasteiger partial charge in [-0.15, -0.1) is 0 Å². The summed E-state index contributed by atoms with van der Waals surface area (Å²) in [5.41, 5.74) is 0.842. The number of rotatable bonds is 6. The van der Waals surface area contributed by atoms with Crippen LogP contribution in [-0.4, -0.2) is 21.4 Å². The topological polar surface area (TPSA) is 93.0 Å². The van der Waals surface area contributed by atoms with Crippen LogP contribution in [0.15, 0.2) is 34.9 Å². The van der Waals surface area contributed by atoms with Gasteiger partial charge in [-0.25, -0.2) is 4.98 Å². The standard InChI is InChI=1S/C13H14BrN5O2/c1-2-15-13-17-8-11(19(20)21)12(18-13)16-7-9-4-3-5-10(14)6-9/h3-6,8H,2,7H2,1H3,(H2,15,16,17,18). The molecule has 0 unspecified atom stereocenters. The maximum Gasteiger partial charge on any atom is 0.329 e. The summed E-state index contributed by atoms with van der Waals surface area (Å²) < 4.78 is 0.951. The number of aromatic nitrogens is 2. The lowest BCUT2D eigenvalue weighted by Gasteiger charge is -2.08. The third-order valence-corrected chi connectivity index (χ3v) is 3.14. The molecule has 2 N–H and O–H groups in total. The largest absolute Gasteiger partial charge is 0.360 e. The van der Waals surface area contributed by atoms with Gasteiger partial charge < -0.3 is 10.6 Å². The van der Waals surface area contributed by atoms with Crippen molar-refractivity contribution in [1.82, 2.24) is 9.97 Å². The maximum atomic E-state index is 11.0. The van der Waals surface area contributed by atoms with Gasteiger partial charge in [-0.1, -0.05) is 28.1 Å². The molecule has 0 aliphatic carbocycles. The van der Waals surface area contributed by atoms with Crippen molar-refractivity contribution >= 4 is 33.4 Å². The molecule has 8 heteroatoms. The van der Waals surface area contributed by atoms with E-state index in [-0.39, 0.29) is 11.5 Å². The molecule has 0 spiro atoms. The van der Waals surface area contributed by atoms with E-state index < -0.39 is 4.92 Å². The summed E-state index contributed by atoms with van der Waals surface area (Å²) in [5, 5.41) is 16.9. The van der Waals surface area contributed by atoms with Gasteiger partial charge in [0, 0.05) is 17.6 Å². The lowest BCUT2D eigenvalue weighted by molar-refractivity contribution is -0.384. The normalized spacial score (nSPS) is 10.2. The minimum absolute atomic E-state index is 0.147. The van der Waals surface area contributed by atoms with Crippen molar-refractivity contribution in [2.75, 3.05) is 17.2 Å². The van der Waals surface area contributed by atoms with Gasteiger partial charge in [-0.3, -0.25) is 10.1 Å². The molecule has 0 bridgehead atoms. The Morgan fingerprint density at radius 1 is 1.38 bits per heavy atom. The predicted octanol–water partition coefficient (Wildman–Crippen LogP) is 3.19. The number of nitrogens with one attached hydrogen (secondary N) is 2. The summed E-state index contributed by atoms with van der Waals surface area (Å²) in [6.45, 7) is 2.98. The number of nitro groups is 1. The van der Waals surface area contributed by atoms with E-state index >= 15 is 0 Å². The predicted molar refractivity (Wildman–Crippen MR) is 84.3 cm³/mol. The maximum absolute atomic E-state index is 11.0. The Balaban J connectivity index is 2.20. The lowest BCUT2D eigenvalue weighted by Crippen LogP contribution is -2.09. The highest BCUT2D eigenvalue weighted by molar-refractivity contribution is 9.10. The number of benzene rings is 1. The Labute approximate surface area is 130 Å². The van der Waals surface area contributed by atoms with Crippen molar-refractivity contribution in [1.29, 1.82) is 0 Å². The van der Waals surface area contributed by atoms with Crippen molar-refractivity contribution in [2.24, 2.45) is 0 Å². The van der Waals surface area contributed by atoms with Gasteiger partial charge in [0.05, 0.1) is 4.92 Å². The summed E-state index contributed by atoms with van der Waals surface area (Å²) in [4.78, 5) is 18.6. The first kappa shape index (κ1) is 15.2. The third kappa shape index (κ3) is 4.12. The van der Waals surface area contributed by atoms with Crippen LogP contribution in [0.5, 0.6) is 0 Å². The van der Waals surface area contributed by atoms with Gasteiger partial charge in [0.1, 0.15) is 6.20 Å². The summed E-state index contributed by atoms with van der Waals surface area (Å²) >= 11 is 3.39. The summed E-state index contributed by atoms with van der Waals surface area (Å²) in [6.07, 6.45) is 1.20. The Bertz CT molecular complexity index is 650. The number of hydrogen-bond donors (Lipinski definition) is 2. The van der Waals surface area contributed by atoms with Gasteiger partial charge >= 0.3 is 5.69 Å². The van der Waals surface area contributed by atoms with Crippen LogP contribution < -0.4 is 10.6 Å². The van der Waals surface area contributed by atoms with E-state index in [1.807, 2.05) is 31.2 Å². The monoisotopic (exact) mass is 351 g/mol. The minimum Gasteiger partial charge on any atom is -0.360 e. The number of hydrogen-bond acceptors (Lipinski definition) is 6. The fraction of sp³-hybridized carbons (Fsp3) is 0.231. The van der Waals surface area contributed by atoms with E-state index in [9.17, 15) is 10.1 Å². The molecule has 0 aliphatic rings. The van der Waals surface area contributed by atoms with Crippen LogP contribution in [0.25, 0.3) is 0 Å². The molecule has 1 aromatic heterocycles. The molecule has 21 heavy (non-hydrogen) atoms. The molecule has 1 heterocycles. The zero-order valence-electron chi connectivity index (χ0n) is 11.3. The second-order valence-corrected chi connectivity index (χ2v) is 5.11. The molecule has 7 nitrogen and oxygen atoms in total. The van der Waals surface area contributed by atoms with E-state index in [2.05, 4.69) is 36.5 Å². The van der Waals surface area contributed by atoms with Crippen LogP contribution in [0.1, 0.15) is 12.5 Å². The average molecular weight is 352 g/mol. The van der Waals surface area contributed by atoms with E-state index in [0.717, 1.165) is 10.0 Å². The molecule has 0 radical (unpaired) electrons. The van der Waals surface area contributed by atoms with Gasteiger partial charge in [-0.2, -0.15) is 4.98 Å². The Morgan fingerprint density at radius 2 is 2.19 bits per heavy atom. The number of halogens is 1. The molecule has 2 aromatic rings. The van der Waals surface area contributed by atoms with Crippen molar-refractivity contribution in [3.8, 4) is 0 Å². The molecule has 0 amide bonds. The highest BCUT2D eigenvalue weighted by Crippen LogP contribution is 2.23. The zero-order chi connectivity index (χ0) is 15.2. The van der Waals surface area contributed by atoms with Crippen molar-refractivity contribution in [3.63, 3.8) is 0 Å². The van der Waals surface area contributed by atoms with Gasteiger partial charge in [0.2, 0.25) is 11.8 Å². The molecule has 1 aromatic carbocycles. The van der Waals surface area contributed by atoms with Crippen molar-refractivity contribution in [3.05, 3.63) is 50.6 Å². The molecule has 0 saturated heterocycles. The highest BCUT2D eigenvalue weighted by Gasteiger charge is 2.16. The first-order valence-corrected chi connectivity index (χ1v) is 7.13. The van der Waals surface area contributed by atoms with Crippen LogP contribution in [-0.2, 0) is 6.54 Å². The molecule has 0 saturated carbocycles. The molecular weight excluding hydrogens is 338 g/mol. The Morgan fingerprint density at radius 3 is 2.86 bits per heavy atom. The smallest absolute Gasteiger partial charge is 0.329 e. The fourth-order valence-electron chi connectivity index (χ4n) is 1.72. The summed E-state index contributed by atoms with van der Waals surface area (Å²) in [5.74, 6) is 0.561. The quantitative estimate of drug-likeness (QED) is 0.613. The minimum atomic E-state index is -0.501. The highest BCUT2D eigenvalue weighted by atomic mass is 79.9. The van der Waals surface area contributed by atoms with E-state index in [0.29, 0.717) is 19.0 Å². The van der Waals surface area contributed by atoms with Crippen LogP contribution in [0, 0.1) is 10.1 Å². The number of nitrogens with zero attached hydrogens (tertiary/aromatic N) is 3. The van der Waals surface area contributed by atoms with E-state index in [4.69, 9.17) is 0 Å². The summed E-state index contributed by atoms with van der Waals surface area (Å²) in [6, 6.07) is 7.68. The molecule has 0 aliphatic heterocycles. The third-order valence-electron chi connectivity index (χ3n) is 2.65. The van der Waals surface area contributed by atoms with E-state index in [1.165, 1.54) is 6.20 Å². The van der Waals surface area contributed by atoms with Crippen LogP contribution in [0.2, 0.25) is 0 Å². The van der Waals surface area contributed by atoms with E-state index in [1.54, 1.807) is 0 Å². The lowest BCUT2D eigenvalue weighted by atomic mass is 10.2. The van der Waals surface area contributed by atoms with Gasteiger partial charge in [-0.05, 0) is 24.6 Å². The number of anilines is 2. The van der Waals surface area contributed by atoms with Crippen molar-refractivity contribution in [2.45, 2.75) is 13.5 Å². The molecule has 0 fully saturated rings. The average Bonchev–Trinajstić information content (AvgIpc) is 2.45. The summed E-state index contributed by atoms with van der Waals surface area (Å²) in [7, 11) is 0. The second kappa shape index (κ2) is 6.98. The SMILES string of the molecule is CCNc1ncc([N+](=O)[O-])c(NCc2cccc(Br)c2)n1. The Kier molecular flexibility index (Phi) is 5.04. The Hall–Kier alpha value is -2.22. The van der Waals surface area contributed by atoms with Crippen LogP contribution in [0.4, 0.5) is 17.5 Å². The van der Waals surface area contributed by atoms with Gasteiger partial charge in [0.25, 0.3) is 0 Å². The first-order chi connectivity index (χ1) is 10.1. The van der Waals surface area contributed by atoms with Crippen LogP contribution in [0.3, 0.4) is 0 Å². The zero-order valence-corrected chi connectivity index (χ0v) is 12.9.